The van der Waals surface area contributed by atoms with Crippen molar-refractivity contribution in [3.8, 4) is 0 Å². The van der Waals surface area contributed by atoms with Gasteiger partial charge in [0.15, 0.2) is 0 Å². The van der Waals surface area contributed by atoms with Crippen LogP contribution < -0.4 is 5.32 Å². The summed E-state index contributed by atoms with van der Waals surface area (Å²) in [7, 11) is 2.01. The fourth-order valence-corrected chi connectivity index (χ4v) is 1.95. The molecule has 0 aromatic heterocycles. The zero-order chi connectivity index (χ0) is 11.8. The van der Waals surface area contributed by atoms with Crippen LogP contribution in [0.5, 0.6) is 0 Å². The Kier molecular flexibility index (Phi) is 5.58. The second-order valence-electron chi connectivity index (χ2n) is 3.96. The molecule has 0 amide bonds. The summed E-state index contributed by atoms with van der Waals surface area (Å²) in [6.07, 6.45) is 16.8. The lowest BCUT2D eigenvalue weighted by atomic mass is 9.93. The fourth-order valence-electron chi connectivity index (χ4n) is 1.95. The van der Waals surface area contributed by atoms with Gasteiger partial charge in [-0.3, -0.25) is 0 Å². The molecular formula is C15H21N. The summed E-state index contributed by atoms with van der Waals surface area (Å²) < 4.78 is 0. The second kappa shape index (κ2) is 7.02. The minimum Gasteiger partial charge on any atom is -0.310 e. The first-order valence-corrected chi connectivity index (χ1v) is 5.78. The number of rotatable bonds is 5. The lowest BCUT2D eigenvalue weighted by Crippen LogP contribution is -2.29. The average molecular weight is 215 g/mol. The molecule has 0 saturated carbocycles. The number of nitrogens with one attached hydrogen (secondary N) is 1. The minimum atomic E-state index is 0.361. The zero-order valence-electron chi connectivity index (χ0n) is 10.2. The lowest BCUT2D eigenvalue weighted by Gasteiger charge is -2.21. The fraction of sp³-hybridized carbons (Fsp3) is 0.333. The Morgan fingerprint density at radius 2 is 2.31 bits per heavy atom. The highest BCUT2D eigenvalue weighted by atomic mass is 14.9. The molecule has 1 rings (SSSR count). The maximum atomic E-state index is 3.66. The van der Waals surface area contributed by atoms with Crippen molar-refractivity contribution in [3.05, 3.63) is 60.3 Å². The molecule has 1 aliphatic carbocycles. The topological polar surface area (TPSA) is 12.0 Å². The highest BCUT2D eigenvalue weighted by Crippen LogP contribution is 2.20. The van der Waals surface area contributed by atoms with Gasteiger partial charge in [-0.1, -0.05) is 54.7 Å². The Morgan fingerprint density at radius 1 is 1.50 bits per heavy atom. The quantitative estimate of drug-likeness (QED) is 0.692. The van der Waals surface area contributed by atoms with Crippen LogP contribution in [0.15, 0.2) is 60.3 Å². The zero-order valence-corrected chi connectivity index (χ0v) is 10.2. The van der Waals surface area contributed by atoms with Crippen molar-refractivity contribution in [2.24, 2.45) is 0 Å². The molecule has 0 fully saturated rings. The first-order chi connectivity index (χ1) is 7.79. The summed E-state index contributed by atoms with van der Waals surface area (Å²) in [5, 5.41) is 3.37. The van der Waals surface area contributed by atoms with Crippen molar-refractivity contribution in [2.45, 2.75) is 25.8 Å². The van der Waals surface area contributed by atoms with E-state index in [1.807, 2.05) is 19.2 Å². The third-order valence-corrected chi connectivity index (χ3v) is 2.77. The van der Waals surface area contributed by atoms with E-state index in [0.29, 0.717) is 6.04 Å². The first-order valence-electron chi connectivity index (χ1n) is 5.78. The van der Waals surface area contributed by atoms with Crippen LogP contribution in [-0.2, 0) is 0 Å². The van der Waals surface area contributed by atoms with Gasteiger partial charge in [-0.2, -0.15) is 0 Å². The molecule has 0 radical (unpaired) electrons. The molecule has 1 unspecified atom stereocenters. The van der Waals surface area contributed by atoms with E-state index in [1.165, 1.54) is 11.1 Å². The third kappa shape index (κ3) is 3.67. The number of likely N-dealkylation sites (N-methyl/N-ethyl adjacent to an activating group) is 1. The van der Waals surface area contributed by atoms with E-state index < -0.39 is 0 Å². The number of allylic oxidation sites excluding steroid dienone is 7. The largest absolute Gasteiger partial charge is 0.310 e. The van der Waals surface area contributed by atoms with E-state index in [1.54, 1.807) is 6.08 Å². The highest BCUT2D eigenvalue weighted by Gasteiger charge is 2.13. The molecule has 0 bridgehead atoms. The van der Waals surface area contributed by atoms with Crippen LogP contribution in [0.2, 0.25) is 0 Å². The first kappa shape index (κ1) is 12.7. The molecule has 1 nitrogen and oxygen atoms in total. The summed E-state index contributed by atoms with van der Waals surface area (Å²) in [5.74, 6) is 0. The standard InChI is InChI=1S/C15H21N/c1-4-5-7-10-13(2)15(16-3)14-11-8-6-9-12-14/h4-8,10-11,15-16H,1,9,12H2,2-3H3/b7-5-,13-10+. The van der Waals surface area contributed by atoms with E-state index in [4.69, 9.17) is 0 Å². The smallest absolute Gasteiger partial charge is 0.0496 e. The molecule has 1 N–H and O–H groups in total. The van der Waals surface area contributed by atoms with E-state index in [-0.39, 0.29) is 0 Å². The summed E-state index contributed by atoms with van der Waals surface area (Å²) >= 11 is 0. The van der Waals surface area contributed by atoms with Gasteiger partial charge >= 0.3 is 0 Å². The van der Waals surface area contributed by atoms with Crippen LogP contribution in [0.4, 0.5) is 0 Å². The van der Waals surface area contributed by atoms with Crippen molar-refractivity contribution in [1.29, 1.82) is 0 Å². The Hall–Kier alpha value is -1.34. The van der Waals surface area contributed by atoms with Gasteiger partial charge in [0, 0.05) is 6.04 Å². The maximum absolute atomic E-state index is 3.66. The summed E-state index contributed by atoms with van der Waals surface area (Å²) in [6.45, 7) is 5.82. The molecule has 0 aromatic rings. The maximum Gasteiger partial charge on any atom is 0.0496 e. The van der Waals surface area contributed by atoms with Crippen molar-refractivity contribution < 1.29 is 0 Å². The number of hydrogen-bond donors (Lipinski definition) is 1. The van der Waals surface area contributed by atoms with Crippen LogP contribution in [0.25, 0.3) is 0 Å². The van der Waals surface area contributed by atoms with Gasteiger partial charge in [-0.05, 0) is 32.4 Å². The third-order valence-electron chi connectivity index (χ3n) is 2.77. The normalized spacial score (nSPS) is 18.6. The van der Waals surface area contributed by atoms with Gasteiger partial charge < -0.3 is 5.32 Å². The van der Waals surface area contributed by atoms with Crippen LogP contribution in [-0.4, -0.2) is 13.1 Å². The van der Waals surface area contributed by atoms with Crippen LogP contribution in [0, 0.1) is 0 Å². The van der Waals surface area contributed by atoms with Gasteiger partial charge in [-0.25, -0.2) is 0 Å². The number of hydrogen-bond acceptors (Lipinski definition) is 1. The molecule has 1 atom stereocenters. The molecule has 86 valence electrons. The van der Waals surface area contributed by atoms with Gasteiger partial charge in [0.25, 0.3) is 0 Å². The summed E-state index contributed by atoms with van der Waals surface area (Å²) in [4.78, 5) is 0. The lowest BCUT2D eigenvalue weighted by molar-refractivity contribution is 0.680. The molecule has 16 heavy (non-hydrogen) atoms. The van der Waals surface area contributed by atoms with Crippen molar-refractivity contribution >= 4 is 0 Å². The highest BCUT2D eigenvalue weighted by molar-refractivity contribution is 5.32. The van der Waals surface area contributed by atoms with Crippen LogP contribution in [0.3, 0.4) is 0 Å². The minimum absolute atomic E-state index is 0.361. The van der Waals surface area contributed by atoms with Crippen molar-refractivity contribution in [3.63, 3.8) is 0 Å². The molecule has 0 aromatic carbocycles. The van der Waals surface area contributed by atoms with Gasteiger partial charge in [0.05, 0.1) is 0 Å². The molecule has 1 heteroatoms. The summed E-state index contributed by atoms with van der Waals surface area (Å²) in [5.41, 5.74) is 2.80. The van der Waals surface area contributed by atoms with Gasteiger partial charge in [0.2, 0.25) is 0 Å². The Bertz CT molecular complexity index is 342. The van der Waals surface area contributed by atoms with Crippen LogP contribution >= 0.6 is 0 Å². The SMILES string of the molecule is C=C/C=C\C=C(/C)C(NC)C1=CC=CCC1. The summed E-state index contributed by atoms with van der Waals surface area (Å²) in [6, 6.07) is 0.361. The monoisotopic (exact) mass is 215 g/mol. The Labute approximate surface area is 98.9 Å². The van der Waals surface area contributed by atoms with E-state index in [0.717, 1.165) is 12.8 Å². The molecule has 1 aliphatic rings. The molecular weight excluding hydrogens is 194 g/mol. The molecule has 0 saturated heterocycles. The van der Waals surface area contributed by atoms with E-state index >= 15 is 0 Å². The molecule has 0 aliphatic heterocycles. The van der Waals surface area contributed by atoms with E-state index in [9.17, 15) is 0 Å². The Morgan fingerprint density at radius 3 is 2.88 bits per heavy atom. The van der Waals surface area contributed by atoms with Crippen molar-refractivity contribution in [2.75, 3.05) is 7.05 Å². The average Bonchev–Trinajstić information content (AvgIpc) is 2.32. The predicted octanol–water partition coefficient (Wildman–Crippen LogP) is 3.54. The van der Waals surface area contributed by atoms with Gasteiger partial charge in [-0.15, -0.1) is 0 Å². The second-order valence-corrected chi connectivity index (χ2v) is 3.96. The molecule has 0 heterocycles. The van der Waals surface area contributed by atoms with E-state index in [2.05, 4.69) is 43.1 Å². The Balaban J connectivity index is 2.76. The van der Waals surface area contributed by atoms with Gasteiger partial charge in [0.1, 0.15) is 0 Å². The van der Waals surface area contributed by atoms with Crippen molar-refractivity contribution in [1.82, 2.24) is 5.32 Å². The predicted molar refractivity (Wildman–Crippen MR) is 72.4 cm³/mol. The van der Waals surface area contributed by atoms with Crippen LogP contribution in [0.1, 0.15) is 19.8 Å². The molecule has 0 spiro atoms.